The normalized spacial score (nSPS) is 11.6. The lowest BCUT2D eigenvalue weighted by molar-refractivity contribution is -0.118. The Morgan fingerprint density at radius 1 is 1.11 bits per heavy atom. The fourth-order valence-corrected chi connectivity index (χ4v) is 3.44. The van der Waals surface area contributed by atoms with Gasteiger partial charge in [0.05, 0.1) is 4.88 Å². The topological polar surface area (TPSA) is 58.2 Å². The average molecular weight is 401 g/mol. The van der Waals surface area contributed by atoms with Gasteiger partial charge in [-0.1, -0.05) is 42.5 Å². The van der Waals surface area contributed by atoms with Crippen LogP contribution >= 0.6 is 11.3 Å². The summed E-state index contributed by atoms with van der Waals surface area (Å²) in [5, 5.41) is 7.37. The summed E-state index contributed by atoms with van der Waals surface area (Å²) >= 11 is 1.31. The molecular weight excluding hydrogens is 375 g/mol. The van der Waals surface area contributed by atoms with Crippen LogP contribution in [0.25, 0.3) is 0 Å². The minimum Gasteiger partial charge on any atom is -0.340 e. The fourth-order valence-electron chi connectivity index (χ4n) is 2.81. The number of halogens is 1. The molecule has 4 nitrogen and oxygen atoms in total. The standard InChI is InChI=1S/C22H21FN2O2S.2H2/c1-15-9-11-17(23)14-19(15)25-21(26)18(12-10-16-6-3-2-4-7-16)24-22(27)20-8-5-13-28-20;;/h2-9,11,13-14,18H,10,12H2,1H3,(H,24,27)(H,25,26);2*1H. The van der Waals surface area contributed by atoms with Crippen LogP contribution in [0, 0.1) is 12.7 Å². The smallest absolute Gasteiger partial charge is 0.261 e. The predicted octanol–water partition coefficient (Wildman–Crippen LogP) is 5.06. The third-order valence-electron chi connectivity index (χ3n) is 4.39. The van der Waals surface area contributed by atoms with E-state index < -0.39 is 11.9 Å². The van der Waals surface area contributed by atoms with Crippen molar-refractivity contribution in [2.24, 2.45) is 0 Å². The van der Waals surface area contributed by atoms with Gasteiger partial charge in [-0.2, -0.15) is 0 Å². The summed E-state index contributed by atoms with van der Waals surface area (Å²) < 4.78 is 13.5. The van der Waals surface area contributed by atoms with Crippen molar-refractivity contribution in [3.8, 4) is 0 Å². The Hall–Kier alpha value is -2.99. The van der Waals surface area contributed by atoms with Gasteiger partial charge in [-0.05, 0) is 54.5 Å². The minimum absolute atomic E-state index is 0. The highest BCUT2D eigenvalue weighted by molar-refractivity contribution is 7.12. The van der Waals surface area contributed by atoms with Crippen LogP contribution in [0.4, 0.5) is 10.1 Å². The molecule has 0 aliphatic rings. The lowest BCUT2D eigenvalue weighted by Crippen LogP contribution is -2.44. The number of hydrogen-bond donors (Lipinski definition) is 2. The molecule has 0 radical (unpaired) electrons. The van der Waals surface area contributed by atoms with E-state index in [1.807, 2.05) is 35.7 Å². The third-order valence-corrected chi connectivity index (χ3v) is 5.26. The first-order valence-electron chi connectivity index (χ1n) is 8.98. The van der Waals surface area contributed by atoms with E-state index in [1.165, 1.54) is 23.5 Å². The Labute approximate surface area is 170 Å². The maximum Gasteiger partial charge on any atom is 0.261 e. The van der Waals surface area contributed by atoms with Gasteiger partial charge in [-0.3, -0.25) is 9.59 Å². The first-order chi connectivity index (χ1) is 13.5. The van der Waals surface area contributed by atoms with Crippen molar-refractivity contribution in [3.63, 3.8) is 0 Å². The van der Waals surface area contributed by atoms with E-state index in [2.05, 4.69) is 10.6 Å². The summed E-state index contributed by atoms with van der Waals surface area (Å²) in [5.74, 6) is -1.09. The first-order valence-corrected chi connectivity index (χ1v) is 9.86. The van der Waals surface area contributed by atoms with Gasteiger partial charge in [0.25, 0.3) is 5.91 Å². The van der Waals surface area contributed by atoms with Gasteiger partial charge in [0, 0.05) is 8.54 Å². The number of rotatable bonds is 7. The quantitative estimate of drug-likeness (QED) is 0.583. The second-order valence-electron chi connectivity index (χ2n) is 6.48. The Morgan fingerprint density at radius 2 is 1.89 bits per heavy atom. The lowest BCUT2D eigenvalue weighted by Gasteiger charge is -2.19. The molecule has 0 bridgehead atoms. The monoisotopic (exact) mass is 400 g/mol. The van der Waals surface area contributed by atoms with E-state index in [0.717, 1.165) is 11.1 Å². The molecule has 28 heavy (non-hydrogen) atoms. The number of carbonyl (C=O) groups excluding carboxylic acids is 2. The van der Waals surface area contributed by atoms with Crippen LogP contribution in [0.5, 0.6) is 0 Å². The van der Waals surface area contributed by atoms with Crippen LogP contribution in [0.1, 0.15) is 30.1 Å². The summed E-state index contributed by atoms with van der Waals surface area (Å²) in [6, 6.07) is 16.7. The SMILES string of the molecule is Cc1ccc(F)cc1NC(=O)C(CCc1ccccc1)NC(=O)c1cccs1.[HH].[HH]. The molecule has 3 aromatic rings. The number of hydrogen-bond acceptors (Lipinski definition) is 3. The second kappa shape index (κ2) is 9.28. The molecule has 1 aromatic heterocycles. The summed E-state index contributed by atoms with van der Waals surface area (Å²) in [4.78, 5) is 25.9. The summed E-state index contributed by atoms with van der Waals surface area (Å²) in [6.45, 7) is 1.79. The van der Waals surface area contributed by atoms with Crippen molar-refractivity contribution in [3.05, 3.63) is 87.9 Å². The van der Waals surface area contributed by atoms with Gasteiger partial charge in [0.2, 0.25) is 5.91 Å². The van der Waals surface area contributed by atoms with E-state index >= 15 is 0 Å². The lowest BCUT2D eigenvalue weighted by atomic mass is 10.0. The number of nitrogens with one attached hydrogen (secondary N) is 2. The number of carbonyl (C=O) groups is 2. The molecule has 0 aliphatic carbocycles. The van der Waals surface area contributed by atoms with Crippen molar-refractivity contribution < 1.29 is 16.8 Å². The molecule has 2 amide bonds. The average Bonchev–Trinajstić information content (AvgIpc) is 3.23. The number of amides is 2. The van der Waals surface area contributed by atoms with E-state index in [9.17, 15) is 14.0 Å². The highest BCUT2D eigenvalue weighted by Gasteiger charge is 2.22. The van der Waals surface area contributed by atoms with Crippen LogP contribution in [-0.4, -0.2) is 17.9 Å². The van der Waals surface area contributed by atoms with E-state index in [-0.39, 0.29) is 14.7 Å². The van der Waals surface area contributed by atoms with Crippen LogP contribution in [0.3, 0.4) is 0 Å². The molecule has 3 rings (SSSR count). The van der Waals surface area contributed by atoms with Gasteiger partial charge in [-0.15, -0.1) is 11.3 Å². The predicted molar refractivity (Wildman–Crippen MR) is 114 cm³/mol. The Morgan fingerprint density at radius 3 is 2.61 bits per heavy atom. The highest BCUT2D eigenvalue weighted by atomic mass is 32.1. The molecule has 0 spiro atoms. The van der Waals surface area contributed by atoms with Crippen LogP contribution in [0.15, 0.2) is 66.0 Å². The largest absolute Gasteiger partial charge is 0.340 e. The van der Waals surface area contributed by atoms with Crippen LogP contribution in [-0.2, 0) is 11.2 Å². The molecule has 0 saturated carbocycles. The molecular formula is C22H25FN2O2S. The molecule has 1 unspecified atom stereocenters. The van der Waals surface area contributed by atoms with E-state index in [1.54, 1.807) is 25.1 Å². The number of aryl methyl sites for hydroxylation is 2. The Kier molecular flexibility index (Phi) is 6.55. The van der Waals surface area contributed by atoms with E-state index in [0.29, 0.717) is 23.4 Å². The van der Waals surface area contributed by atoms with Crippen molar-refractivity contribution >= 4 is 28.8 Å². The molecule has 1 atom stereocenters. The van der Waals surface area contributed by atoms with Gasteiger partial charge < -0.3 is 10.6 Å². The van der Waals surface area contributed by atoms with Gasteiger partial charge in [0.15, 0.2) is 0 Å². The molecule has 2 aromatic carbocycles. The van der Waals surface area contributed by atoms with Gasteiger partial charge in [0.1, 0.15) is 11.9 Å². The third kappa shape index (κ3) is 5.27. The zero-order chi connectivity index (χ0) is 19.9. The molecule has 1 heterocycles. The first kappa shape index (κ1) is 19.8. The Bertz CT molecular complexity index is 953. The molecule has 6 heteroatoms. The van der Waals surface area contributed by atoms with Crippen molar-refractivity contribution in [1.82, 2.24) is 5.32 Å². The molecule has 0 saturated heterocycles. The fraction of sp³-hybridized carbons (Fsp3) is 0.182. The number of anilines is 1. The van der Waals surface area contributed by atoms with E-state index in [4.69, 9.17) is 0 Å². The number of thiophene rings is 1. The van der Waals surface area contributed by atoms with Crippen LogP contribution < -0.4 is 10.6 Å². The Balaban J connectivity index is 0.00000225. The minimum atomic E-state index is -0.738. The molecule has 2 N–H and O–H groups in total. The molecule has 0 aliphatic heterocycles. The molecule has 148 valence electrons. The summed E-state index contributed by atoms with van der Waals surface area (Å²) in [7, 11) is 0. The second-order valence-corrected chi connectivity index (χ2v) is 7.42. The maximum absolute atomic E-state index is 13.5. The highest BCUT2D eigenvalue weighted by Crippen LogP contribution is 2.17. The van der Waals surface area contributed by atoms with Gasteiger partial charge in [-0.25, -0.2) is 4.39 Å². The zero-order valence-electron chi connectivity index (χ0n) is 15.4. The van der Waals surface area contributed by atoms with Crippen LogP contribution in [0.2, 0.25) is 0 Å². The molecule has 0 fully saturated rings. The summed E-state index contributed by atoms with van der Waals surface area (Å²) in [5.41, 5.74) is 2.23. The maximum atomic E-state index is 13.5. The van der Waals surface area contributed by atoms with Crippen molar-refractivity contribution in [2.45, 2.75) is 25.8 Å². The van der Waals surface area contributed by atoms with Crippen molar-refractivity contribution in [2.75, 3.05) is 5.32 Å². The summed E-state index contributed by atoms with van der Waals surface area (Å²) in [6.07, 6.45) is 1.06. The van der Waals surface area contributed by atoms with Gasteiger partial charge >= 0.3 is 0 Å². The zero-order valence-corrected chi connectivity index (χ0v) is 16.3. The number of benzene rings is 2. The van der Waals surface area contributed by atoms with Crippen molar-refractivity contribution in [1.29, 1.82) is 0 Å².